The fourth-order valence-electron chi connectivity index (χ4n) is 1.98. The molecule has 0 spiro atoms. The van der Waals surface area contributed by atoms with Crippen molar-refractivity contribution in [2.24, 2.45) is 0 Å². The van der Waals surface area contributed by atoms with Gasteiger partial charge in [-0.15, -0.1) is 0 Å². The smallest absolute Gasteiger partial charge is 0.121 e. The van der Waals surface area contributed by atoms with Crippen LogP contribution in [0.25, 0.3) is 0 Å². The second-order valence-electron chi connectivity index (χ2n) is 4.86. The maximum absolute atomic E-state index is 5.83. The third-order valence-corrected chi connectivity index (χ3v) is 3.32. The molecule has 0 radical (unpaired) electrons. The van der Waals surface area contributed by atoms with Crippen LogP contribution in [0.4, 0.5) is 5.69 Å². The van der Waals surface area contributed by atoms with E-state index < -0.39 is 0 Å². The van der Waals surface area contributed by atoms with Crippen LogP contribution in [0, 0.1) is 0 Å². The second-order valence-corrected chi connectivity index (χ2v) is 4.86. The van der Waals surface area contributed by atoms with Crippen molar-refractivity contribution in [1.29, 1.82) is 0 Å². The number of nitrogens with one attached hydrogen (secondary N) is 1. The van der Waals surface area contributed by atoms with Crippen LogP contribution in [-0.2, 0) is 13.1 Å². The first-order chi connectivity index (χ1) is 9.72. The monoisotopic (exact) mass is 273 g/mol. The van der Waals surface area contributed by atoms with Crippen LogP contribution in [0.1, 0.15) is 32.9 Å². The van der Waals surface area contributed by atoms with Gasteiger partial charge in [0.2, 0.25) is 0 Å². The number of anilines is 1. The molecule has 20 heavy (non-hydrogen) atoms. The first-order valence-corrected chi connectivity index (χ1v) is 7.24. The molecule has 0 aliphatic rings. The van der Waals surface area contributed by atoms with Gasteiger partial charge in [-0.1, -0.05) is 13.0 Å². The summed E-state index contributed by atoms with van der Waals surface area (Å²) in [7, 11) is 0. The van der Waals surface area contributed by atoms with Crippen molar-refractivity contribution >= 4 is 5.69 Å². The van der Waals surface area contributed by atoms with E-state index >= 15 is 0 Å². The summed E-state index contributed by atoms with van der Waals surface area (Å²) in [4.78, 5) is 0. The van der Waals surface area contributed by atoms with E-state index in [2.05, 4.69) is 37.3 Å². The van der Waals surface area contributed by atoms with Crippen LogP contribution in [0.2, 0.25) is 0 Å². The lowest BCUT2D eigenvalue weighted by molar-refractivity contribution is 0.217. The molecule has 0 saturated heterocycles. The fraction of sp³-hybridized carbons (Fsp3) is 0.438. The predicted molar refractivity (Wildman–Crippen MR) is 82.1 cm³/mol. The van der Waals surface area contributed by atoms with Gasteiger partial charge in [-0.2, -0.15) is 5.10 Å². The third-order valence-electron chi connectivity index (χ3n) is 3.32. The lowest BCUT2D eigenvalue weighted by Gasteiger charge is -2.14. The summed E-state index contributed by atoms with van der Waals surface area (Å²) >= 11 is 0. The maximum atomic E-state index is 5.83. The molecule has 4 heteroatoms. The van der Waals surface area contributed by atoms with Gasteiger partial charge in [-0.05, 0) is 38.5 Å². The minimum atomic E-state index is 0.242. The molecule has 1 aromatic heterocycles. The highest BCUT2D eigenvalue weighted by atomic mass is 16.5. The molecule has 2 aromatic rings. The van der Waals surface area contributed by atoms with Crippen molar-refractivity contribution in [3.05, 3.63) is 42.2 Å². The van der Waals surface area contributed by atoms with Crippen LogP contribution in [0.15, 0.2) is 36.5 Å². The number of hydrogen-bond acceptors (Lipinski definition) is 3. The Balaban J connectivity index is 1.97. The topological polar surface area (TPSA) is 39.1 Å². The highest BCUT2D eigenvalue weighted by Gasteiger charge is 2.03. The number of nitrogens with zero attached hydrogens (tertiary/aromatic N) is 2. The molecule has 0 aliphatic carbocycles. The summed E-state index contributed by atoms with van der Waals surface area (Å²) in [6, 6.07) is 10.1. The van der Waals surface area contributed by atoms with Gasteiger partial charge in [-0.25, -0.2) is 0 Å². The van der Waals surface area contributed by atoms with Crippen molar-refractivity contribution in [3.63, 3.8) is 0 Å². The van der Waals surface area contributed by atoms with E-state index in [1.54, 1.807) is 0 Å². The molecular weight excluding hydrogens is 250 g/mol. The van der Waals surface area contributed by atoms with E-state index in [9.17, 15) is 0 Å². The molecule has 1 atom stereocenters. The molecule has 0 fully saturated rings. The summed E-state index contributed by atoms with van der Waals surface area (Å²) in [6.07, 6.45) is 3.09. The summed E-state index contributed by atoms with van der Waals surface area (Å²) in [5.74, 6) is 0.911. The van der Waals surface area contributed by atoms with Gasteiger partial charge in [0.1, 0.15) is 5.75 Å². The summed E-state index contributed by atoms with van der Waals surface area (Å²) in [6.45, 7) is 7.96. The quantitative estimate of drug-likeness (QED) is 0.836. The van der Waals surface area contributed by atoms with Gasteiger partial charge in [0.15, 0.2) is 0 Å². The molecule has 1 aromatic carbocycles. The molecule has 108 valence electrons. The highest BCUT2D eigenvalue weighted by Crippen LogP contribution is 2.19. The van der Waals surface area contributed by atoms with Crippen LogP contribution in [0.3, 0.4) is 0 Å². The zero-order valence-electron chi connectivity index (χ0n) is 12.5. The van der Waals surface area contributed by atoms with Gasteiger partial charge in [0.25, 0.3) is 0 Å². The number of hydrogen-bond donors (Lipinski definition) is 1. The zero-order chi connectivity index (χ0) is 14.4. The number of aromatic nitrogens is 2. The molecular formula is C16H23N3O. The van der Waals surface area contributed by atoms with Gasteiger partial charge >= 0.3 is 0 Å². The average Bonchev–Trinajstić information content (AvgIpc) is 2.93. The van der Waals surface area contributed by atoms with E-state index in [1.807, 2.05) is 35.1 Å². The van der Waals surface area contributed by atoms with Crippen molar-refractivity contribution in [1.82, 2.24) is 9.78 Å². The Labute approximate surface area is 120 Å². The van der Waals surface area contributed by atoms with Crippen LogP contribution >= 0.6 is 0 Å². The third kappa shape index (κ3) is 3.76. The first kappa shape index (κ1) is 14.4. The fourth-order valence-corrected chi connectivity index (χ4v) is 1.98. The second kappa shape index (κ2) is 6.98. The summed E-state index contributed by atoms with van der Waals surface area (Å²) in [5, 5.41) is 7.68. The van der Waals surface area contributed by atoms with E-state index in [0.29, 0.717) is 0 Å². The molecule has 0 amide bonds. The minimum Gasteiger partial charge on any atom is -0.491 e. The Morgan fingerprint density at radius 1 is 1.30 bits per heavy atom. The lowest BCUT2D eigenvalue weighted by atomic mass is 10.2. The van der Waals surface area contributed by atoms with E-state index in [-0.39, 0.29) is 6.10 Å². The molecule has 4 nitrogen and oxygen atoms in total. The summed E-state index contributed by atoms with van der Waals surface area (Å²) < 4.78 is 7.82. The van der Waals surface area contributed by atoms with Gasteiger partial charge in [0.05, 0.1) is 18.3 Å². The Kier molecular flexibility index (Phi) is 5.04. The molecule has 2 rings (SSSR count). The van der Waals surface area contributed by atoms with E-state index in [0.717, 1.165) is 30.9 Å². The Bertz CT molecular complexity index is 536. The van der Waals surface area contributed by atoms with Crippen molar-refractivity contribution in [2.45, 2.75) is 46.4 Å². The van der Waals surface area contributed by atoms with Crippen LogP contribution in [-0.4, -0.2) is 15.9 Å². The van der Waals surface area contributed by atoms with Gasteiger partial charge in [0, 0.05) is 24.5 Å². The molecule has 1 unspecified atom stereocenters. The van der Waals surface area contributed by atoms with Crippen LogP contribution in [0.5, 0.6) is 5.75 Å². The molecule has 0 bridgehead atoms. The Hall–Kier alpha value is -1.97. The van der Waals surface area contributed by atoms with Gasteiger partial charge in [-0.3, -0.25) is 4.68 Å². The predicted octanol–water partition coefficient (Wildman–Crippen LogP) is 3.69. The number of benzene rings is 1. The normalized spacial score (nSPS) is 12.2. The van der Waals surface area contributed by atoms with Crippen molar-refractivity contribution in [2.75, 3.05) is 5.32 Å². The summed E-state index contributed by atoms with van der Waals surface area (Å²) in [5.41, 5.74) is 2.25. The SMILES string of the molecule is CCC(C)Oc1cccc(NCc2ccnn2CC)c1. The molecule has 0 saturated carbocycles. The van der Waals surface area contributed by atoms with E-state index in [1.165, 1.54) is 5.69 Å². The zero-order valence-corrected chi connectivity index (χ0v) is 12.5. The Morgan fingerprint density at radius 3 is 2.90 bits per heavy atom. The van der Waals surface area contributed by atoms with E-state index in [4.69, 9.17) is 4.74 Å². The lowest BCUT2D eigenvalue weighted by Crippen LogP contribution is -2.10. The number of rotatable bonds is 7. The minimum absolute atomic E-state index is 0.242. The van der Waals surface area contributed by atoms with Gasteiger partial charge < -0.3 is 10.1 Å². The number of aryl methyl sites for hydroxylation is 1. The Morgan fingerprint density at radius 2 is 2.15 bits per heavy atom. The largest absolute Gasteiger partial charge is 0.491 e. The molecule has 0 aliphatic heterocycles. The molecule has 1 N–H and O–H groups in total. The first-order valence-electron chi connectivity index (χ1n) is 7.24. The molecule has 1 heterocycles. The highest BCUT2D eigenvalue weighted by molar-refractivity contribution is 5.48. The van der Waals surface area contributed by atoms with Crippen molar-refractivity contribution < 1.29 is 4.74 Å². The standard InChI is InChI=1S/C16H23N3O/c1-4-13(3)20-16-8-6-7-14(11-16)17-12-15-9-10-18-19(15)5-2/h6-11,13,17H,4-5,12H2,1-3H3. The van der Waals surface area contributed by atoms with Crippen LogP contribution < -0.4 is 10.1 Å². The maximum Gasteiger partial charge on any atom is 0.121 e. The number of ether oxygens (including phenoxy) is 1. The van der Waals surface area contributed by atoms with Crippen molar-refractivity contribution in [3.8, 4) is 5.75 Å². The average molecular weight is 273 g/mol.